The number of hydrogen-bond donors (Lipinski definition) is 2. The number of aliphatic hydroxyl groups is 1. The lowest BCUT2D eigenvalue weighted by atomic mass is 10.2. The highest BCUT2D eigenvalue weighted by atomic mass is 79.9. The first-order valence-electron chi connectivity index (χ1n) is 6.36. The monoisotopic (exact) mass is 345 g/mol. The van der Waals surface area contributed by atoms with Crippen LogP contribution in [0.15, 0.2) is 22.7 Å². The number of esters is 1. The predicted molar refractivity (Wildman–Crippen MR) is 80.1 cm³/mol. The summed E-state index contributed by atoms with van der Waals surface area (Å²) in [5, 5.41) is 12.9. The second-order valence-electron chi connectivity index (χ2n) is 4.66. The second-order valence-corrected chi connectivity index (χ2v) is 5.52. The zero-order valence-corrected chi connectivity index (χ0v) is 13.4. The number of methoxy groups -OCH3 is 1. The van der Waals surface area contributed by atoms with E-state index in [1.54, 1.807) is 18.2 Å². The molecule has 0 aliphatic carbocycles. The fraction of sp³-hybridized carbons (Fsp3) is 0.500. The number of carbonyl (C=O) groups excluding carboxylic acids is 1. The molecule has 0 heterocycles. The maximum atomic E-state index is 11.4. The van der Waals surface area contributed by atoms with Gasteiger partial charge in [-0.2, -0.15) is 0 Å². The molecule has 20 heavy (non-hydrogen) atoms. The molecule has 0 aromatic heterocycles. The van der Waals surface area contributed by atoms with Gasteiger partial charge in [-0.1, -0.05) is 13.8 Å². The van der Waals surface area contributed by atoms with Crippen LogP contribution in [0.3, 0.4) is 0 Å². The van der Waals surface area contributed by atoms with Gasteiger partial charge in [-0.05, 0) is 34.1 Å². The summed E-state index contributed by atoms with van der Waals surface area (Å²) < 4.78 is 10.8. The molecule has 0 bridgehead atoms. The summed E-state index contributed by atoms with van der Waals surface area (Å²) in [6, 6.07) is 5.22. The van der Waals surface area contributed by atoms with Crippen LogP contribution in [0.2, 0.25) is 0 Å². The minimum absolute atomic E-state index is 0.176. The Labute approximate surface area is 127 Å². The van der Waals surface area contributed by atoms with Gasteiger partial charge in [0.05, 0.1) is 17.1 Å². The van der Waals surface area contributed by atoms with Crippen molar-refractivity contribution in [1.29, 1.82) is 0 Å². The van der Waals surface area contributed by atoms with E-state index < -0.39 is 12.1 Å². The van der Waals surface area contributed by atoms with Crippen LogP contribution in [0.4, 0.5) is 0 Å². The summed E-state index contributed by atoms with van der Waals surface area (Å²) in [6.45, 7) is 4.66. The van der Waals surface area contributed by atoms with Gasteiger partial charge in [0.1, 0.15) is 18.5 Å². The smallest absolute Gasteiger partial charge is 0.337 e. The molecule has 0 amide bonds. The normalized spacial score (nSPS) is 12.3. The summed E-state index contributed by atoms with van der Waals surface area (Å²) >= 11 is 3.33. The maximum Gasteiger partial charge on any atom is 0.337 e. The van der Waals surface area contributed by atoms with Crippen LogP contribution >= 0.6 is 15.9 Å². The number of halogens is 1. The van der Waals surface area contributed by atoms with Gasteiger partial charge in [-0.15, -0.1) is 0 Å². The van der Waals surface area contributed by atoms with Crippen molar-refractivity contribution in [2.75, 3.05) is 20.3 Å². The third-order valence-corrected chi connectivity index (χ3v) is 3.17. The van der Waals surface area contributed by atoms with Crippen molar-refractivity contribution in [2.24, 2.45) is 0 Å². The standard InChI is InChI=1S/C14H20BrNO4/c1-9(2)16-7-11(17)8-20-13-5-4-10(6-12(13)15)14(18)19-3/h4-6,9,11,16-17H,7-8H2,1-3H3. The number of aliphatic hydroxyl groups excluding tert-OH is 1. The molecule has 1 aromatic carbocycles. The van der Waals surface area contributed by atoms with Crippen LogP contribution in [0.5, 0.6) is 5.75 Å². The minimum Gasteiger partial charge on any atom is -0.490 e. The Kier molecular flexibility index (Phi) is 6.98. The second kappa shape index (κ2) is 8.24. The number of benzene rings is 1. The van der Waals surface area contributed by atoms with E-state index in [9.17, 15) is 9.90 Å². The van der Waals surface area contributed by atoms with Crippen molar-refractivity contribution >= 4 is 21.9 Å². The largest absolute Gasteiger partial charge is 0.490 e. The van der Waals surface area contributed by atoms with Crippen LogP contribution < -0.4 is 10.1 Å². The van der Waals surface area contributed by atoms with E-state index >= 15 is 0 Å². The van der Waals surface area contributed by atoms with Crippen molar-refractivity contribution in [1.82, 2.24) is 5.32 Å². The summed E-state index contributed by atoms with van der Waals surface area (Å²) in [6.07, 6.45) is -0.593. The van der Waals surface area contributed by atoms with Gasteiger partial charge in [0, 0.05) is 12.6 Å². The van der Waals surface area contributed by atoms with Gasteiger partial charge in [0.15, 0.2) is 0 Å². The zero-order valence-electron chi connectivity index (χ0n) is 11.9. The molecule has 1 aromatic rings. The van der Waals surface area contributed by atoms with Crippen molar-refractivity contribution in [3.05, 3.63) is 28.2 Å². The number of hydrogen-bond acceptors (Lipinski definition) is 5. The molecular weight excluding hydrogens is 326 g/mol. The quantitative estimate of drug-likeness (QED) is 0.739. The lowest BCUT2D eigenvalue weighted by Crippen LogP contribution is -2.35. The van der Waals surface area contributed by atoms with Crippen LogP contribution in [-0.4, -0.2) is 43.5 Å². The third kappa shape index (κ3) is 5.48. The lowest BCUT2D eigenvalue weighted by molar-refractivity contribution is 0.0600. The molecule has 0 aliphatic heterocycles. The molecule has 5 nitrogen and oxygen atoms in total. The van der Waals surface area contributed by atoms with E-state index in [1.807, 2.05) is 13.8 Å². The van der Waals surface area contributed by atoms with E-state index in [-0.39, 0.29) is 6.61 Å². The molecule has 0 saturated carbocycles. The highest BCUT2D eigenvalue weighted by molar-refractivity contribution is 9.10. The summed E-state index contributed by atoms with van der Waals surface area (Å²) in [5.41, 5.74) is 0.439. The van der Waals surface area contributed by atoms with Gasteiger partial charge in [-0.25, -0.2) is 4.79 Å². The van der Waals surface area contributed by atoms with E-state index in [0.717, 1.165) is 0 Å². The first-order valence-corrected chi connectivity index (χ1v) is 7.15. The summed E-state index contributed by atoms with van der Waals surface area (Å²) in [5.74, 6) is 0.166. The Balaban J connectivity index is 2.54. The Morgan fingerprint density at radius 2 is 2.15 bits per heavy atom. The Morgan fingerprint density at radius 3 is 2.70 bits per heavy atom. The molecule has 0 radical (unpaired) electrons. The third-order valence-electron chi connectivity index (χ3n) is 2.55. The van der Waals surface area contributed by atoms with Crippen molar-refractivity contribution < 1.29 is 19.4 Å². The average molecular weight is 346 g/mol. The molecule has 1 unspecified atom stereocenters. The maximum absolute atomic E-state index is 11.4. The van der Waals surface area contributed by atoms with Crippen molar-refractivity contribution in [3.63, 3.8) is 0 Å². The zero-order chi connectivity index (χ0) is 15.1. The molecule has 112 valence electrons. The lowest BCUT2D eigenvalue weighted by Gasteiger charge is -2.15. The molecule has 0 aliphatic rings. The minimum atomic E-state index is -0.593. The van der Waals surface area contributed by atoms with Gasteiger partial charge >= 0.3 is 5.97 Å². The summed E-state index contributed by atoms with van der Waals surface area (Å²) in [4.78, 5) is 11.4. The molecule has 1 rings (SSSR count). The fourth-order valence-corrected chi connectivity index (χ4v) is 1.97. The van der Waals surface area contributed by atoms with Crippen LogP contribution in [0.25, 0.3) is 0 Å². The number of nitrogens with one attached hydrogen (secondary N) is 1. The van der Waals surface area contributed by atoms with Crippen LogP contribution in [0.1, 0.15) is 24.2 Å². The summed E-state index contributed by atoms with van der Waals surface area (Å²) in [7, 11) is 1.33. The Morgan fingerprint density at radius 1 is 1.45 bits per heavy atom. The molecule has 0 spiro atoms. The van der Waals surface area contributed by atoms with Crippen LogP contribution in [-0.2, 0) is 4.74 Å². The van der Waals surface area contributed by atoms with Gasteiger partial charge in [0.25, 0.3) is 0 Å². The van der Waals surface area contributed by atoms with E-state index in [0.29, 0.717) is 28.4 Å². The molecule has 0 saturated heterocycles. The highest BCUT2D eigenvalue weighted by Crippen LogP contribution is 2.26. The fourth-order valence-electron chi connectivity index (χ4n) is 1.48. The number of ether oxygens (including phenoxy) is 2. The number of rotatable bonds is 7. The Bertz CT molecular complexity index is 451. The average Bonchev–Trinajstić information content (AvgIpc) is 2.42. The predicted octanol–water partition coefficient (Wildman–Crippen LogP) is 1.97. The van der Waals surface area contributed by atoms with Crippen molar-refractivity contribution in [2.45, 2.75) is 26.0 Å². The highest BCUT2D eigenvalue weighted by Gasteiger charge is 2.11. The Hall–Kier alpha value is -1.11. The molecule has 6 heteroatoms. The van der Waals surface area contributed by atoms with Crippen molar-refractivity contribution in [3.8, 4) is 5.75 Å². The van der Waals surface area contributed by atoms with E-state index in [2.05, 4.69) is 26.0 Å². The molecule has 1 atom stereocenters. The number of carbonyl (C=O) groups is 1. The SMILES string of the molecule is COC(=O)c1ccc(OCC(O)CNC(C)C)c(Br)c1. The topological polar surface area (TPSA) is 67.8 Å². The van der Waals surface area contributed by atoms with Gasteiger partial charge in [-0.3, -0.25) is 0 Å². The van der Waals surface area contributed by atoms with Gasteiger partial charge < -0.3 is 19.9 Å². The van der Waals surface area contributed by atoms with E-state index in [4.69, 9.17) is 4.74 Å². The molecular formula is C14H20BrNO4. The molecule has 0 fully saturated rings. The van der Waals surface area contributed by atoms with E-state index in [1.165, 1.54) is 7.11 Å². The molecule has 2 N–H and O–H groups in total. The van der Waals surface area contributed by atoms with Crippen LogP contribution in [0, 0.1) is 0 Å². The first-order chi connectivity index (χ1) is 9.43. The van der Waals surface area contributed by atoms with Gasteiger partial charge in [0.2, 0.25) is 0 Å². The first kappa shape index (κ1) is 16.9.